The fourth-order valence-electron chi connectivity index (χ4n) is 4.23. The molecule has 1 aliphatic carbocycles. The van der Waals surface area contributed by atoms with Gasteiger partial charge in [-0.2, -0.15) is 0 Å². The number of urea groups is 1. The van der Waals surface area contributed by atoms with Gasteiger partial charge in [-0.1, -0.05) is 36.8 Å². The van der Waals surface area contributed by atoms with Crippen molar-refractivity contribution in [1.29, 1.82) is 0 Å². The van der Waals surface area contributed by atoms with Gasteiger partial charge in [0.15, 0.2) is 11.6 Å². The molecule has 0 bridgehead atoms. The van der Waals surface area contributed by atoms with Crippen molar-refractivity contribution in [2.75, 3.05) is 13.2 Å². The van der Waals surface area contributed by atoms with Crippen molar-refractivity contribution in [3.8, 4) is 0 Å². The van der Waals surface area contributed by atoms with Crippen LogP contribution >= 0.6 is 0 Å². The Bertz CT molecular complexity index is 661. The first-order valence-corrected chi connectivity index (χ1v) is 9.37. The Kier molecular flexibility index (Phi) is 6.04. The number of amides is 2. The van der Waals surface area contributed by atoms with Gasteiger partial charge in [0.25, 0.3) is 0 Å². The minimum atomic E-state index is -0.514. The summed E-state index contributed by atoms with van der Waals surface area (Å²) in [5.41, 5.74) is 1.01. The Morgan fingerprint density at radius 3 is 2.50 bits per heavy atom. The highest BCUT2D eigenvalue weighted by atomic mass is 16.3. The number of nitrogens with zero attached hydrogens (tertiary/aromatic N) is 1. The number of Topliss-reactive ketones (excluding diaryl/α,β-unsaturated/α-hetero) is 2. The normalized spacial score (nSPS) is 25.3. The number of nitrogens with one attached hydrogen (secondary N) is 1. The molecule has 6 heteroatoms. The van der Waals surface area contributed by atoms with E-state index in [1.807, 2.05) is 30.3 Å². The topological polar surface area (TPSA) is 86.7 Å². The van der Waals surface area contributed by atoms with Crippen LogP contribution in [-0.2, 0) is 16.1 Å². The van der Waals surface area contributed by atoms with E-state index in [1.165, 1.54) is 0 Å². The van der Waals surface area contributed by atoms with E-state index in [9.17, 15) is 14.4 Å². The minimum absolute atomic E-state index is 0.0124. The molecule has 140 valence electrons. The van der Waals surface area contributed by atoms with Crippen LogP contribution in [0.2, 0.25) is 0 Å². The molecule has 3 atom stereocenters. The first-order valence-electron chi connectivity index (χ1n) is 9.37. The monoisotopic (exact) mass is 358 g/mol. The summed E-state index contributed by atoms with van der Waals surface area (Å²) in [6.45, 7) is 0.467. The molecule has 1 unspecified atom stereocenters. The smallest absolute Gasteiger partial charge is 0.318 e. The Morgan fingerprint density at radius 1 is 1.04 bits per heavy atom. The zero-order chi connectivity index (χ0) is 18.5. The largest absolute Gasteiger partial charge is 0.389 e. The molecule has 2 N–H and O–H groups in total. The predicted molar refractivity (Wildman–Crippen MR) is 96.3 cm³/mol. The van der Waals surface area contributed by atoms with Crippen molar-refractivity contribution in [1.82, 2.24) is 10.2 Å². The molecular weight excluding hydrogens is 332 g/mol. The van der Waals surface area contributed by atoms with Gasteiger partial charge in [0, 0.05) is 24.9 Å². The highest BCUT2D eigenvalue weighted by Crippen LogP contribution is 2.36. The highest BCUT2D eigenvalue weighted by molar-refractivity contribution is 5.95. The quantitative estimate of drug-likeness (QED) is 0.813. The van der Waals surface area contributed by atoms with Crippen LogP contribution in [0.1, 0.15) is 37.7 Å². The second kappa shape index (κ2) is 8.45. The van der Waals surface area contributed by atoms with Gasteiger partial charge in [-0.15, -0.1) is 0 Å². The van der Waals surface area contributed by atoms with Crippen LogP contribution < -0.4 is 5.32 Å². The van der Waals surface area contributed by atoms with Crippen LogP contribution in [0.25, 0.3) is 0 Å². The lowest BCUT2D eigenvalue weighted by molar-refractivity contribution is -0.134. The average Bonchev–Trinajstić information content (AvgIpc) is 3.35. The molecule has 2 fully saturated rings. The standard InChI is InChI=1S/C20H26N2O4/c23-13-18(24)15-8-4-9-16(15)19(25)17-10-5-11-22(17)20(26)21-12-14-6-2-1-3-7-14/h1-3,6-7,15-17,23H,4-5,8-13H2,(H,21,26)/t15-,16?,17+/m1/s1. The summed E-state index contributed by atoms with van der Waals surface area (Å²) in [4.78, 5) is 39.1. The van der Waals surface area contributed by atoms with Crippen molar-refractivity contribution in [3.05, 3.63) is 35.9 Å². The number of rotatable bonds is 6. The number of carbonyl (C=O) groups excluding carboxylic acids is 3. The van der Waals surface area contributed by atoms with Gasteiger partial charge in [0.1, 0.15) is 6.61 Å². The van der Waals surface area contributed by atoms with Crippen LogP contribution in [0.3, 0.4) is 0 Å². The molecule has 0 radical (unpaired) electrons. The molecule has 2 amide bonds. The number of aliphatic hydroxyl groups is 1. The summed E-state index contributed by atoms with van der Waals surface area (Å²) >= 11 is 0. The van der Waals surface area contributed by atoms with Crippen molar-refractivity contribution in [2.24, 2.45) is 11.8 Å². The maximum absolute atomic E-state index is 13.0. The van der Waals surface area contributed by atoms with E-state index < -0.39 is 12.6 Å². The average molecular weight is 358 g/mol. The number of hydrogen-bond acceptors (Lipinski definition) is 4. The summed E-state index contributed by atoms with van der Waals surface area (Å²) in [7, 11) is 0. The Labute approximate surface area is 153 Å². The molecule has 1 aromatic carbocycles. The van der Waals surface area contributed by atoms with E-state index in [-0.39, 0.29) is 29.4 Å². The zero-order valence-electron chi connectivity index (χ0n) is 14.9. The maximum Gasteiger partial charge on any atom is 0.318 e. The summed E-state index contributed by atoms with van der Waals surface area (Å²) < 4.78 is 0. The molecule has 1 aliphatic heterocycles. The third kappa shape index (κ3) is 3.96. The molecule has 1 heterocycles. The number of benzene rings is 1. The number of hydrogen-bond donors (Lipinski definition) is 2. The number of aliphatic hydroxyl groups excluding tert-OH is 1. The van der Waals surface area contributed by atoms with Crippen molar-refractivity contribution in [3.63, 3.8) is 0 Å². The van der Waals surface area contributed by atoms with Gasteiger partial charge < -0.3 is 15.3 Å². The van der Waals surface area contributed by atoms with Crippen LogP contribution in [0.5, 0.6) is 0 Å². The maximum atomic E-state index is 13.0. The van der Waals surface area contributed by atoms with Gasteiger partial charge in [-0.25, -0.2) is 4.79 Å². The van der Waals surface area contributed by atoms with Crippen LogP contribution in [0.4, 0.5) is 4.79 Å². The van der Waals surface area contributed by atoms with E-state index in [2.05, 4.69) is 5.32 Å². The van der Waals surface area contributed by atoms with Gasteiger partial charge >= 0.3 is 6.03 Å². The van der Waals surface area contributed by atoms with Gasteiger partial charge in [-0.3, -0.25) is 9.59 Å². The van der Waals surface area contributed by atoms with E-state index in [1.54, 1.807) is 4.90 Å². The molecule has 6 nitrogen and oxygen atoms in total. The summed E-state index contributed by atoms with van der Waals surface area (Å²) in [6, 6.07) is 8.96. The van der Waals surface area contributed by atoms with Crippen molar-refractivity contribution in [2.45, 2.75) is 44.7 Å². The predicted octanol–water partition coefficient (Wildman–Crippen LogP) is 1.91. The lowest BCUT2D eigenvalue weighted by Gasteiger charge is -2.27. The van der Waals surface area contributed by atoms with Crippen molar-refractivity contribution < 1.29 is 19.5 Å². The summed E-state index contributed by atoms with van der Waals surface area (Å²) in [6.07, 6.45) is 3.59. The summed E-state index contributed by atoms with van der Waals surface area (Å²) in [5.74, 6) is -1.01. The van der Waals surface area contributed by atoms with E-state index in [4.69, 9.17) is 5.11 Å². The molecule has 2 aliphatic rings. The number of likely N-dealkylation sites (tertiary alicyclic amines) is 1. The van der Waals surface area contributed by atoms with E-state index in [0.717, 1.165) is 18.4 Å². The molecule has 0 spiro atoms. The Hall–Kier alpha value is -2.21. The highest BCUT2D eigenvalue weighted by Gasteiger charge is 2.43. The van der Waals surface area contributed by atoms with Crippen LogP contribution in [-0.4, -0.2) is 46.8 Å². The van der Waals surface area contributed by atoms with Gasteiger partial charge in [0.05, 0.1) is 6.04 Å². The molecule has 26 heavy (non-hydrogen) atoms. The fourth-order valence-corrected chi connectivity index (χ4v) is 4.23. The molecule has 0 aromatic heterocycles. The lowest BCUT2D eigenvalue weighted by atomic mass is 9.85. The number of carbonyl (C=O) groups is 3. The molecular formula is C20H26N2O4. The minimum Gasteiger partial charge on any atom is -0.389 e. The van der Waals surface area contributed by atoms with Gasteiger partial charge in [-0.05, 0) is 31.2 Å². The SMILES string of the molecule is O=C(CO)[C@@H]1CCCC1C(=O)[C@@H]1CCCN1C(=O)NCc1ccccc1. The van der Waals surface area contributed by atoms with E-state index >= 15 is 0 Å². The third-order valence-corrected chi connectivity index (χ3v) is 5.58. The van der Waals surface area contributed by atoms with Gasteiger partial charge in [0.2, 0.25) is 0 Å². The molecule has 1 saturated carbocycles. The first kappa shape index (κ1) is 18.6. The van der Waals surface area contributed by atoms with E-state index in [0.29, 0.717) is 32.4 Å². The number of ketones is 2. The Balaban J connectivity index is 1.62. The molecule has 1 saturated heterocycles. The fraction of sp³-hybridized carbons (Fsp3) is 0.550. The van der Waals surface area contributed by atoms with Crippen molar-refractivity contribution >= 4 is 17.6 Å². The molecule has 3 rings (SSSR count). The zero-order valence-corrected chi connectivity index (χ0v) is 14.9. The molecule has 1 aromatic rings. The second-order valence-corrected chi connectivity index (χ2v) is 7.17. The third-order valence-electron chi connectivity index (χ3n) is 5.58. The van der Waals surface area contributed by atoms with Crippen LogP contribution in [0.15, 0.2) is 30.3 Å². The summed E-state index contributed by atoms with van der Waals surface area (Å²) in [5, 5.41) is 12.0. The van der Waals surface area contributed by atoms with Crippen LogP contribution in [0, 0.1) is 11.8 Å². The Morgan fingerprint density at radius 2 is 1.77 bits per heavy atom. The second-order valence-electron chi connectivity index (χ2n) is 7.17. The lowest BCUT2D eigenvalue weighted by Crippen LogP contribution is -2.48. The first-order chi connectivity index (χ1) is 12.6.